The number of ether oxygens (including phenoxy) is 1. The molecule has 2 rings (SSSR count). The third-order valence-electron chi connectivity index (χ3n) is 4.19. The van der Waals surface area contributed by atoms with E-state index in [9.17, 15) is 0 Å². The van der Waals surface area contributed by atoms with Gasteiger partial charge in [0, 0.05) is 38.7 Å². The van der Waals surface area contributed by atoms with Crippen molar-refractivity contribution in [2.24, 2.45) is 10.9 Å². The Balaban J connectivity index is 1.78. The van der Waals surface area contributed by atoms with Gasteiger partial charge in [0.05, 0.1) is 17.2 Å². The van der Waals surface area contributed by atoms with Crippen LogP contribution in [0.25, 0.3) is 0 Å². The molecule has 0 aliphatic carbocycles. The Morgan fingerprint density at radius 1 is 1.41 bits per heavy atom. The molecule has 1 aliphatic rings. The summed E-state index contributed by atoms with van der Waals surface area (Å²) in [6.07, 6.45) is 3.59. The summed E-state index contributed by atoms with van der Waals surface area (Å²) in [4.78, 5) is 12.4. The monoisotopic (exact) mass is 324 g/mol. The van der Waals surface area contributed by atoms with Gasteiger partial charge >= 0.3 is 0 Å². The smallest absolute Gasteiger partial charge is 0.193 e. The molecule has 0 atom stereocenters. The fourth-order valence-corrected chi connectivity index (χ4v) is 3.68. The SMILES string of the molecule is CN=C(NCc1sc(C)nc1C)N(C)CCC1CCOCC1. The molecule has 0 radical (unpaired) electrons. The first kappa shape index (κ1) is 17.2. The third-order valence-corrected chi connectivity index (χ3v) is 5.27. The second kappa shape index (κ2) is 8.48. The first-order valence-corrected chi connectivity index (χ1v) is 8.84. The first-order chi connectivity index (χ1) is 10.6. The van der Waals surface area contributed by atoms with E-state index in [1.807, 2.05) is 7.05 Å². The molecule has 1 aliphatic heterocycles. The van der Waals surface area contributed by atoms with Crippen molar-refractivity contribution in [2.45, 2.75) is 39.7 Å². The van der Waals surface area contributed by atoms with E-state index in [1.165, 1.54) is 24.1 Å². The number of rotatable bonds is 5. The number of nitrogens with one attached hydrogen (secondary N) is 1. The number of guanidine groups is 1. The molecule has 6 heteroatoms. The van der Waals surface area contributed by atoms with Crippen LogP contribution in [0.2, 0.25) is 0 Å². The molecule has 0 unspecified atom stereocenters. The highest BCUT2D eigenvalue weighted by molar-refractivity contribution is 7.11. The summed E-state index contributed by atoms with van der Waals surface area (Å²) in [5.74, 6) is 1.75. The van der Waals surface area contributed by atoms with E-state index in [0.717, 1.165) is 48.9 Å². The van der Waals surface area contributed by atoms with Crippen molar-refractivity contribution in [3.8, 4) is 0 Å². The molecule has 0 aromatic carbocycles. The van der Waals surface area contributed by atoms with Crippen LogP contribution >= 0.6 is 11.3 Å². The third kappa shape index (κ3) is 4.95. The lowest BCUT2D eigenvalue weighted by Crippen LogP contribution is -2.39. The zero-order valence-corrected chi connectivity index (χ0v) is 15.0. The number of hydrogen-bond donors (Lipinski definition) is 1. The molecule has 1 N–H and O–H groups in total. The van der Waals surface area contributed by atoms with Crippen LogP contribution in [0.3, 0.4) is 0 Å². The minimum Gasteiger partial charge on any atom is -0.381 e. The van der Waals surface area contributed by atoms with Gasteiger partial charge in [0.25, 0.3) is 0 Å². The molecule has 22 heavy (non-hydrogen) atoms. The molecule has 0 spiro atoms. The molecule has 1 saturated heterocycles. The van der Waals surface area contributed by atoms with Gasteiger partial charge in [0.15, 0.2) is 5.96 Å². The minimum atomic E-state index is 0.792. The van der Waals surface area contributed by atoms with E-state index in [4.69, 9.17) is 4.74 Å². The highest BCUT2D eigenvalue weighted by Crippen LogP contribution is 2.19. The Hall–Kier alpha value is -1.14. The van der Waals surface area contributed by atoms with Crippen LogP contribution < -0.4 is 5.32 Å². The van der Waals surface area contributed by atoms with Crippen LogP contribution in [0, 0.1) is 19.8 Å². The summed E-state index contributed by atoms with van der Waals surface area (Å²) in [6.45, 7) is 7.79. The van der Waals surface area contributed by atoms with Crippen LogP contribution in [-0.4, -0.2) is 49.7 Å². The number of nitrogens with zero attached hydrogens (tertiary/aromatic N) is 3. The molecule has 0 saturated carbocycles. The number of thiazole rings is 1. The van der Waals surface area contributed by atoms with Gasteiger partial charge in [-0.05, 0) is 39.0 Å². The van der Waals surface area contributed by atoms with Gasteiger partial charge in [-0.3, -0.25) is 4.99 Å². The lowest BCUT2D eigenvalue weighted by molar-refractivity contribution is 0.0625. The topological polar surface area (TPSA) is 49.8 Å². The molecule has 124 valence electrons. The van der Waals surface area contributed by atoms with Crippen molar-refractivity contribution in [3.63, 3.8) is 0 Å². The number of aliphatic imine (C=N–C) groups is 1. The van der Waals surface area contributed by atoms with Crippen LogP contribution in [0.15, 0.2) is 4.99 Å². The van der Waals surface area contributed by atoms with E-state index in [0.29, 0.717) is 0 Å². The van der Waals surface area contributed by atoms with Crippen molar-refractivity contribution in [1.29, 1.82) is 0 Å². The second-order valence-electron chi connectivity index (χ2n) is 5.91. The number of aromatic nitrogens is 1. The lowest BCUT2D eigenvalue weighted by Gasteiger charge is -2.26. The maximum Gasteiger partial charge on any atom is 0.193 e. The number of hydrogen-bond acceptors (Lipinski definition) is 4. The normalized spacial score (nSPS) is 16.8. The highest BCUT2D eigenvalue weighted by atomic mass is 32.1. The minimum absolute atomic E-state index is 0.792. The Labute approximate surface area is 137 Å². The van der Waals surface area contributed by atoms with Gasteiger partial charge in [-0.2, -0.15) is 0 Å². The van der Waals surface area contributed by atoms with Crippen LogP contribution in [0.5, 0.6) is 0 Å². The predicted molar refractivity (Wildman–Crippen MR) is 92.6 cm³/mol. The maximum atomic E-state index is 5.42. The standard InChI is InChI=1S/C16H28N4OS/c1-12-15(22-13(2)19-12)11-18-16(17-3)20(4)8-5-14-6-9-21-10-7-14/h14H,5-11H2,1-4H3,(H,17,18). The molecular formula is C16H28N4OS. The van der Waals surface area contributed by atoms with Crippen LogP contribution in [0.1, 0.15) is 34.8 Å². The Kier molecular flexibility index (Phi) is 6.64. The van der Waals surface area contributed by atoms with E-state index < -0.39 is 0 Å². The van der Waals surface area contributed by atoms with E-state index >= 15 is 0 Å². The van der Waals surface area contributed by atoms with Crippen molar-refractivity contribution in [1.82, 2.24) is 15.2 Å². The maximum absolute atomic E-state index is 5.42. The molecule has 1 aromatic heterocycles. The van der Waals surface area contributed by atoms with Crippen molar-refractivity contribution < 1.29 is 4.74 Å². The predicted octanol–water partition coefficient (Wildman–Crippen LogP) is 2.58. The fourth-order valence-electron chi connectivity index (χ4n) is 2.80. The fraction of sp³-hybridized carbons (Fsp3) is 0.750. The Morgan fingerprint density at radius 3 is 2.73 bits per heavy atom. The summed E-state index contributed by atoms with van der Waals surface area (Å²) in [5, 5.41) is 4.57. The van der Waals surface area contributed by atoms with Crippen LogP contribution in [-0.2, 0) is 11.3 Å². The van der Waals surface area contributed by atoms with E-state index in [-0.39, 0.29) is 0 Å². The average molecular weight is 324 g/mol. The zero-order chi connectivity index (χ0) is 15.9. The largest absolute Gasteiger partial charge is 0.381 e. The summed E-state index contributed by atoms with van der Waals surface area (Å²) in [5.41, 5.74) is 1.12. The summed E-state index contributed by atoms with van der Waals surface area (Å²) in [7, 11) is 3.96. The van der Waals surface area contributed by atoms with Gasteiger partial charge in [-0.1, -0.05) is 0 Å². The summed E-state index contributed by atoms with van der Waals surface area (Å²) < 4.78 is 5.42. The van der Waals surface area contributed by atoms with Gasteiger partial charge in [0.1, 0.15) is 0 Å². The van der Waals surface area contributed by atoms with Gasteiger partial charge in [0.2, 0.25) is 0 Å². The lowest BCUT2D eigenvalue weighted by atomic mass is 9.96. The van der Waals surface area contributed by atoms with Crippen molar-refractivity contribution in [2.75, 3.05) is 33.9 Å². The Morgan fingerprint density at radius 2 is 2.14 bits per heavy atom. The van der Waals surface area contributed by atoms with Gasteiger partial charge in [-0.25, -0.2) is 4.98 Å². The van der Waals surface area contributed by atoms with Gasteiger partial charge < -0.3 is 15.0 Å². The molecule has 0 bridgehead atoms. The first-order valence-electron chi connectivity index (χ1n) is 8.02. The number of aryl methyl sites for hydroxylation is 2. The summed E-state index contributed by atoms with van der Waals surface area (Å²) >= 11 is 1.75. The summed E-state index contributed by atoms with van der Waals surface area (Å²) in [6, 6.07) is 0. The van der Waals surface area contributed by atoms with Crippen molar-refractivity contribution in [3.05, 3.63) is 15.6 Å². The molecular weight excluding hydrogens is 296 g/mol. The Bertz CT molecular complexity index is 494. The molecule has 0 amide bonds. The molecule has 1 aromatic rings. The zero-order valence-electron chi connectivity index (χ0n) is 14.2. The quantitative estimate of drug-likeness (QED) is 0.668. The van der Waals surface area contributed by atoms with Crippen LogP contribution in [0.4, 0.5) is 0 Å². The molecule has 1 fully saturated rings. The van der Waals surface area contributed by atoms with Gasteiger partial charge in [-0.15, -0.1) is 11.3 Å². The molecule has 2 heterocycles. The molecule has 5 nitrogen and oxygen atoms in total. The van der Waals surface area contributed by atoms with Crippen molar-refractivity contribution >= 4 is 17.3 Å². The second-order valence-corrected chi connectivity index (χ2v) is 7.20. The average Bonchev–Trinajstić information content (AvgIpc) is 2.84. The van der Waals surface area contributed by atoms with E-state index in [2.05, 4.69) is 41.1 Å². The van der Waals surface area contributed by atoms with E-state index in [1.54, 1.807) is 11.3 Å². The highest BCUT2D eigenvalue weighted by Gasteiger charge is 2.15.